The summed E-state index contributed by atoms with van der Waals surface area (Å²) in [5, 5.41) is 3.66. The quantitative estimate of drug-likeness (QED) is 0.792. The molecule has 0 bridgehead atoms. The van der Waals surface area contributed by atoms with Gasteiger partial charge in [0.25, 0.3) is 0 Å². The lowest BCUT2D eigenvalue weighted by Gasteiger charge is -2.37. The van der Waals surface area contributed by atoms with Gasteiger partial charge in [0.2, 0.25) is 0 Å². The van der Waals surface area contributed by atoms with Crippen molar-refractivity contribution in [1.29, 1.82) is 0 Å². The highest BCUT2D eigenvalue weighted by atomic mass is 79.9. The van der Waals surface area contributed by atoms with Gasteiger partial charge in [-0.2, -0.15) is 0 Å². The van der Waals surface area contributed by atoms with Crippen LogP contribution in [0.15, 0.2) is 46.9 Å². The van der Waals surface area contributed by atoms with Crippen LogP contribution in [0.3, 0.4) is 0 Å². The zero-order valence-corrected chi connectivity index (χ0v) is 13.6. The van der Waals surface area contributed by atoms with Crippen LogP contribution in [0, 0.1) is 13.8 Å². The van der Waals surface area contributed by atoms with Crippen LogP contribution in [0.25, 0.3) is 0 Å². The predicted molar refractivity (Wildman–Crippen MR) is 89.4 cm³/mol. The van der Waals surface area contributed by atoms with Crippen molar-refractivity contribution >= 4 is 21.6 Å². The van der Waals surface area contributed by atoms with Crippen LogP contribution in [0.2, 0.25) is 0 Å². The Bertz CT molecular complexity index is 594. The third-order valence-corrected chi connectivity index (χ3v) is 4.54. The number of hydrogen-bond donors (Lipinski definition) is 1. The van der Waals surface area contributed by atoms with E-state index in [1.807, 2.05) is 0 Å². The molecule has 1 aliphatic rings. The fourth-order valence-electron chi connectivity index (χ4n) is 3.06. The number of anilines is 1. The van der Waals surface area contributed by atoms with E-state index in [2.05, 4.69) is 77.6 Å². The maximum Gasteiger partial charge on any atom is 0.0347 e. The van der Waals surface area contributed by atoms with Crippen LogP contribution in [-0.4, -0.2) is 6.04 Å². The summed E-state index contributed by atoms with van der Waals surface area (Å²) in [4.78, 5) is 0. The Morgan fingerprint density at radius 3 is 2.35 bits per heavy atom. The fraction of sp³-hybridized carbons (Fsp3) is 0.333. The van der Waals surface area contributed by atoms with E-state index in [-0.39, 0.29) is 0 Å². The largest absolute Gasteiger partial charge is 0.382 e. The number of hydrogen-bond acceptors (Lipinski definition) is 1. The van der Waals surface area contributed by atoms with Crippen LogP contribution < -0.4 is 5.32 Å². The lowest BCUT2D eigenvalue weighted by molar-refractivity contribution is 0.374. The maximum atomic E-state index is 3.66. The first-order chi connectivity index (χ1) is 9.60. The van der Waals surface area contributed by atoms with E-state index >= 15 is 0 Å². The summed E-state index contributed by atoms with van der Waals surface area (Å²) in [7, 11) is 0. The topological polar surface area (TPSA) is 12.0 Å². The van der Waals surface area contributed by atoms with Crippen LogP contribution in [-0.2, 0) is 0 Å². The minimum Gasteiger partial charge on any atom is -0.382 e. The Morgan fingerprint density at radius 2 is 1.70 bits per heavy atom. The number of rotatable bonds is 3. The molecule has 0 unspecified atom stereocenters. The average molecular weight is 330 g/mol. The van der Waals surface area contributed by atoms with Crippen molar-refractivity contribution in [3.63, 3.8) is 0 Å². The normalized spacial score (nSPS) is 21.4. The Kier molecular flexibility index (Phi) is 3.84. The molecule has 0 radical (unpaired) electrons. The second kappa shape index (κ2) is 5.61. The van der Waals surface area contributed by atoms with Crippen molar-refractivity contribution < 1.29 is 0 Å². The van der Waals surface area contributed by atoms with E-state index in [0.717, 1.165) is 0 Å². The monoisotopic (exact) mass is 329 g/mol. The van der Waals surface area contributed by atoms with Crippen molar-refractivity contribution in [3.8, 4) is 0 Å². The molecule has 1 saturated carbocycles. The predicted octanol–water partition coefficient (Wildman–Crippen LogP) is 5.42. The van der Waals surface area contributed by atoms with Gasteiger partial charge in [0, 0.05) is 16.2 Å². The van der Waals surface area contributed by atoms with Crippen molar-refractivity contribution in [2.24, 2.45) is 0 Å². The molecule has 0 atom stereocenters. The molecule has 104 valence electrons. The molecule has 1 fully saturated rings. The van der Waals surface area contributed by atoms with Crippen molar-refractivity contribution in [3.05, 3.63) is 63.6 Å². The van der Waals surface area contributed by atoms with Crippen LogP contribution in [0.1, 0.15) is 35.4 Å². The van der Waals surface area contributed by atoms with E-state index in [9.17, 15) is 0 Å². The molecule has 2 aromatic carbocycles. The van der Waals surface area contributed by atoms with Gasteiger partial charge < -0.3 is 5.32 Å². The summed E-state index contributed by atoms with van der Waals surface area (Å²) in [5.74, 6) is 0.705. The van der Waals surface area contributed by atoms with Gasteiger partial charge in [0.05, 0.1) is 0 Å². The van der Waals surface area contributed by atoms with Gasteiger partial charge in [-0.25, -0.2) is 0 Å². The molecule has 1 aliphatic carbocycles. The van der Waals surface area contributed by atoms with Crippen LogP contribution >= 0.6 is 15.9 Å². The first-order valence-electron chi connectivity index (χ1n) is 7.20. The summed E-state index contributed by atoms with van der Waals surface area (Å²) < 4.78 is 1.18. The third kappa shape index (κ3) is 3.06. The van der Waals surface area contributed by atoms with Crippen LogP contribution in [0.5, 0.6) is 0 Å². The lowest BCUT2D eigenvalue weighted by Crippen LogP contribution is -2.34. The first kappa shape index (κ1) is 13.7. The van der Waals surface area contributed by atoms with Gasteiger partial charge in [-0.05, 0) is 73.6 Å². The average Bonchev–Trinajstić information content (AvgIpc) is 2.32. The summed E-state index contributed by atoms with van der Waals surface area (Å²) in [6.45, 7) is 4.31. The van der Waals surface area contributed by atoms with E-state index in [1.165, 1.54) is 39.7 Å². The minimum atomic E-state index is 0.611. The Hall–Kier alpha value is -1.28. The van der Waals surface area contributed by atoms with Gasteiger partial charge in [0.1, 0.15) is 0 Å². The Labute approximate surface area is 129 Å². The van der Waals surface area contributed by atoms with Gasteiger partial charge in [-0.1, -0.05) is 34.1 Å². The highest BCUT2D eigenvalue weighted by Crippen LogP contribution is 2.39. The molecule has 0 spiro atoms. The van der Waals surface area contributed by atoms with E-state index < -0.39 is 0 Å². The standard InChI is InChI=1S/C18H20BrN/c1-12-6-13(2)8-17(7-12)20-18-10-15(11-18)14-4-3-5-16(19)9-14/h3-9,15,18,20H,10-11H2,1-2H3. The van der Waals surface area contributed by atoms with Crippen LogP contribution in [0.4, 0.5) is 5.69 Å². The SMILES string of the molecule is Cc1cc(C)cc(NC2CC(c3cccc(Br)c3)C2)c1. The van der Waals surface area contributed by atoms with E-state index in [0.29, 0.717) is 12.0 Å². The number of benzene rings is 2. The molecular weight excluding hydrogens is 310 g/mol. The molecule has 0 amide bonds. The van der Waals surface area contributed by atoms with E-state index in [1.54, 1.807) is 0 Å². The van der Waals surface area contributed by atoms with Crippen molar-refractivity contribution in [2.45, 2.75) is 38.6 Å². The Balaban J connectivity index is 1.61. The van der Waals surface area contributed by atoms with Gasteiger partial charge >= 0.3 is 0 Å². The minimum absolute atomic E-state index is 0.611. The molecule has 0 aliphatic heterocycles. The Morgan fingerprint density at radius 1 is 1.00 bits per heavy atom. The first-order valence-corrected chi connectivity index (χ1v) is 8.00. The molecule has 0 saturated heterocycles. The van der Waals surface area contributed by atoms with Gasteiger partial charge in [0.15, 0.2) is 0 Å². The smallest absolute Gasteiger partial charge is 0.0347 e. The lowest BCUT2D eigenvalue weighted by atomic mass is 9.76. The molecule has 1 nitrogen and oxygen atoms in total. The van der Waals surface area contributed by atoms with Crippen molar-refractivity contribution in [2.75, 3.05) is 5.32 Å². The number of nitrogens with one attached hydrogen (secondary N) is 1. The highest BCUT2D eigenvalue weighted by molar-refractivity contribution is 9.10. The molecule has 0 heterocycles. The molecule has 3 rings (SSSR count). The van der Waals surface area contributed by atoms with Gasteiger partial charge in [-0.15, -0.1) is 0 Å². The zero-order chi connectivity index (χ0) is 14.1. The zero-order valence-electron chi connectivity index (χ0n) is 12.0. The highest BCUT2D eigenvalue weighted by Gasteiger charge is 2.30. The van der Waals surface area contributed by atoms with E-state index in [4.69, 9.17) is 0 Å². The molecule has 1 N–H and O–H groups in total. The maximum absolute atomic E-state index is 3.66. The van der Waals surface area contributed by atoms with Crippen molar-refractivity contribution in [1.82, 2.24) is 0 Å². The molecule has 20 heavy (non-hydrogen) atoms. The second-order valence-corrected chi connectivity index (χ2v) is 6.86. The summed E-state index contributed by atoms with van der Waals surface area (Å²) in [5.41, 5.74) is 5.38. The number of aryl methyl sites for hydroxylation is 2. The number of halogens is 1. The third-order valence-electron chi connectivity index (χ3n) is 4.05. The molecule has 0 aromatic heterocycles. The molecule has 2 heteroatoms. The summed E-state index contributed by atoms with van der Waals surface area (Å²) in [6.07, 6.45) is 2.45. The fourth-order valence-corrected chi connectivity index (χ4v) is 3.48. The van der Waals surface area contributed by atoms with Gasteiger partial charge in [-0.3, -0.25) is 0 Å². The molecular formula is C18H20BrN. The summed E-state index contributed by atoms with van der Waals surface area (Å²) >= 11 is 3.55. The molecule has 2 aromatic rings. The second-order valence-electron chi connectivity index (χ2n) is 5.94. The summed E-state index contributed by atoms with van der Waals surface area (Å²) in [6, 6.07) is 16.0.